The molecule has 0 saturated carbocycles. The lowest BCUT2D eigenvalue weighted by Gasteiger charge is -2.25. The zero-order valence-electron chi connectivity index (χ0n) is 10.4. The maximum absolute atomic E-state index is 12.4. The van der Waals surface area contributed by atoms with Crippen molar-refractivity contribution in [2.75, 3.05) is 6.54 Å². The summed E-state index contributed by atoms with van der Waals surface area (Å²) in [5, 5.41) is 0.707. The summed E-state index contributed by atoms with van der Waals surface area (Å²) < 4.78 is 0. The Morgan fingerprint density at radius 3 is 2.72 bits per heavy atom. The van der Waals surface area contributed by atoms with Crippen LogP contribution >= 0.6 is 12.2 Å². The second-order valence-corrected chi connectivity index (χ2v) is 5.29. The number of rotatable bonds is 2. The third kappa shape index (κ3) is 1.63. The van der Waals surface area contributed by atoms with Crippen LogP contribution in [0.5, 0.6) is 0 Å². The number of hydrogen-bond acceptors (Lipinski definition) is 2. The van der Waals surface area contributed by atoms with Gasteiger partial charge in [-0.25, -0.2) is 0 Å². The first kappa shape index (κ1) is 11.7. The lowest BCUT2D eigenvalue weighted by Crippen LogP contribution is -2.35. The van der Waals surface area contributed by atoms with Gasteiger partial charge in [0.25, 0.3) is 5.91 Å². The van der Waals surface area contributed by atoms with E-state index in [9.17, 15) is 4.79 Å². The van der Waals surface area contributed by atoms with Crippen LogP contribution in [-0.4, -0.2) is 33.4 Å². The van der Waals surface area contributed by atoms with Crippen LogP contribution in [0.4, 0.5) is 0 Å². The van der Waals surface area contributed by atoms with Crippen molar-refractivity contribution in [3.8, 4) is 0 Å². The third-order valence-corrected chi connectivity index (χ3v) is 4.33. The summed E-state index contributed by atoms with van der Waals surface area (Å²) in [6, 6.07) is 10.1. The zero-order chi connectivity index (χ0) is 12.7. The fourth-order valence-corrected chi connectivity index (χ4v) is 3.35. The van der Waals surface area contributed by atoms with Crippen molar-refractivity contribution in [2.24, 2.45) is 0 Å². The molecule has 2 atom stereocenters. The van der Waals surface area contributed by atoms with E-state index in [1.807, 2.05) is 37.3 Å². The number of carbonyl (C=O) groups excluding carboxylic acids is 1. The largest absolute Gasteiger partial charge is 0.337 e. The lowest BCUT2D eigenvalue weighted by atomic mass is 10.1. The van der Waals surface area contributed by atoms with E-state index in [-0.39, 0.29) is 18.0 Å². The van der Waals surface area contributed by atoms with Crippen molar-refractivity contribution in [3.63, 3.8) is 0 Å². The van der Waals surface area contributed by atoms with Gasteiger partial charge in [0.1, 0.15) is 6.04 Å². The lowest BCUT2D eigenvalue weighted by molar-refractivity contribution is -0.129. The van der Waals surface area contributed by atoms with Gasteiger partial charge in [-0.3, -0.25) is 9.69 Å². The second kappa shape index (κ2) is 4.35. The summed E-state index contributed by atoms with van der Waals surface area (Å²) >= 11 is 5.46. The molecule has 3 nitrogen and oxygen atoms in total. The Kier molecular flexibility index (Phi) is 2.82. The highest BCUT2D eigenvalue weighted by Crippen LogP contribution is 2.33. The minimum absolute atomic E-state index is 0.00339. The van der Waals surface area contributed by atoms with Gasteiger partial charge in [0, 0.05) is 6.54 Å². The van der Waals surface area contributed by atoms with Crippen LogP contribution < -0.4 is 0 Å². The molecular weight excluding hydrogens is 244 g/mol. The van der Waals surface area contributed by atoms with Gasteiger partial charge in [0.15, 0.2) is 5.11 Å². The maximum Gasteiger partial charge on any atom is 0.252 e. The first-order valence-electron chi connectivity index (χ1n) is 6.39. The highest BCUT2D eigenvalue weighted by Gasteiger charge is 2.46. The predicted octanol–water partition coefficient (Wildman–Crippen LogP) is 2.34. The molecule has 2 fully saturated rings. The Labute approximate surface area is 112 Å². The Balaban J connectivity index is 1.89. The number of fused-ring (bicyclic) bond motifs is 1. The summed E-state index contributed by atoms with van der Waals surface area (Å²) in [5.41, 5.74) is 1.13. The van der Waals surface area contributed by atoms with E-state index in [0.29, 0.717) is 5.11 Å². The van der Waals surface area contributed by atoms with Crippen LogP contribution in [0.3, 0.4) is 0 Å². The van der Waals surface area contributed by atoms with Gasteiger partial charge in [0.05, 0.1) is 6.04 Å². The molecule has 94 valence electrons. The fourth-order valence-electron chi connectivity index (χ4n) is 2.88. The minimum atomic E-state index is 0.00339. The molecule has 0 spiro atoms. The predicted molar refractivity (Wildman–Crippen MR) is 74.0 cm³/mol. The van der Waals surface area contributed by atoms with Gasteiger partial charge in [-0.2, -0.15) is 0 Å². The minimum Gasteiger partial charge on any atom is -0.337 e. The number of thiocarbonyl (C=S) groups is 1. The van der Waals surface area contributed by atoms with E-state index >= 15 is 0 Å². The van der Waals surface area contributed by atoms with E-state index < -0.39 is 0 Å². The molecule has 1 aromatic rings. The average Bonchev–Trinajstić information content (AvgIpc) is 2.95. The molecule has 1 amide bonds. The molecule has 1 aromatic carbocycles. The molecule has 2 aliphatic heterocycles. The van der Waals surface area contributed by atoms with Crippen LogP contribution in [0, 0.1) is 0 Å². The highest BCUT2D eigenvalue weighted by atomic mass is 32.1. The molecule has 0 N–H and O–H groups in total. The topological polar surface area (TPSA) is 23.6 Å². The van der Waals surface area contributed by atoms with Crippen LogP contribution in [0.2, 0.25) is 0 Å². The standard InChI is InChI=1S/C14H16N2OS/c1-10(11-6-3-2-4-7-11)16-13(17)12-8-5-9-15(12)14(16)18/h2-4,6-7,10,12H,5,8-9H2,1H3/t10-,12+/m0/s1. The summed E-state index contributed by atoms with van der Waals surface area (Å²) in [6.07, 6.45) is 2.01. The number of carbonyl (C=O) groups is 1. The average molecular weight is 260 g/mol. The smallest absolute Gasteiger partial charge is 0.252 e. The SMILES string of the molecule is C[C@@H](c1ccccc1)N1C(=O)[C@H]2CCCN2C1=S. The van der Waals surface area contributed by atoms with Crippen LogP contribution in [0.1, 0.15) is 31.4 Å². The summed E-state index contributed by atoms with van der Waals surface area (Å²) in [7, 11) is 0. The highest BCUT2D eigenvalue weighted by molar-refractivity contribution is 7.80. The van der Waals surface area contributed by atoms with Crippen LogP contribution in [-0.2, 0) is 4.79 Å². The first-order valence-corrected chi connectivity index (χ1v) is 6.79. The van der Waals surface area contributed by atoms with Crippen molar-refractivity contribution in [2.45, 2.75) is 31.8 Å². The van der Waals surface area contributed by atoms with Gasteiger partial charge in [-0.1, -0.05) is 30.3 Å². The molecule has 2 saturated heterocycles. The van der Waals surface area contributed by atoms with E-state index in [1.54, 1.807) is 4.90 Å². The zero-order valence-corrected chi connectivity index (χ0v) is 11.2. The molecule has 0 aromatic heterocycles. The number of benzene rings is 1. The summed E-state index contributed by atoms with van der Waals surface area (Å²) in [5.74, 6) is 0.175. The molecule has 18 heavy (non-hydrogen) atoms. The first-order chi connectivity index (χ1) is 8.70. The van der Waals surface area contributed by atoms with E-state index in [0.717, 1.165) is 24.9 Å². The summed E-state index contributed by atoms with van der Waals surface area (Å²) in [6.45, 7) is 2.97. The van der Waals surface area contributed by atoms with E-state index in [1.165, 1.54) is 0 Å². The van der Waals surface area contributed by atoms with E-state index in [2.05, 4.69) is 4.90 Å². The van der Waals surface area contributed by atoms with Gasteiger partial charge in [-0.15, -0.1) is 0 Å². The van der Waals surface area contributed by atoms with Crippen molar-refractivity contribution >= 4 is 23.2 Å². The van der Waals surface area contributed by atoms with Gasteiger partial charge < -0.3 is 4.90 Å². The molecule has 0 unspecified atom stereocenters. The number of amides is 1. The van der Waals surface area contributed by atoms with Crippen molar-refractivity contribution in [1.29, 1.82) is 0 Å². The third-order valence-electron chi connectivity index (χ3n) is 3.90. The fraction of sp³-hybridized carbons (Fsp3) is 0.429. The molecule has 4 heteroatoms. The molecular formula is C14H16N2OS. The maximum atomic E-state index is 12.4. The molecule has 3 rings (SSSR count). The van der Waals surface area contributed by atoms with Crippen LogP contribution in [0.25, 0.3) is 0 Å². The summed E-state index contributed by atoms with van der Waals surface area (Å²) in [4.78, 5) is 16.3. The molecule has 0 bridgehead atoms. The van der Waals surface area contributed by atoms with Gasteiger partial charge >= 0.3 is 0 Å². The Morgan fingerprint density at radius 2 is 2.06 bits per heavy atom. The normalized spacial score (nSPS) is 24.6. The monoisotopic (exact) mass is 260 g/mol. The molecule has 2 heterocycles. The molecule has 0 aliphatic carbocycles. The Hall–Kier alpha value is -1.42. The number of nitrogens with zero attached hydrogens (tertiary/aromatic N) is 2. The van der Waals surface area contributed by atoms with Crippen molar-refractivity contribution in [1.82, 2.24) is 9.80 Å². The Morgan fingerprint density at radius 1 is 1.33 bits per heavy atom. The van der Waals surface area contributed by atoms with Crippen LogP contribution in [0.15, 0.2) is 30.3 Å². The van der Waals surface area contributed by atoms with Crippen molar-refractivity contribution in [3.05, 3.63) is 35.9 Å². The number of hydrogen-bond donors (Lipinski definition) is 0. The Bertz CT molecular complexity index is 466. The quantitative estimate of drug-likeness (QED) is 0.763. The van der Waals surface area contributed by atoms with Gasteiger partial charge in [0.2, 0.25) is 0 Å². The van der Waals surface area contributed by atoms with E-state index in [4.69, 9.17) is 12.2 Å². The second-order valence-electron chi connectivity index (χ2n) is 4.93. The molecule has 0 radical (unpaired) electrons. The van der Waals surface area contributed by atoms with Gasteiger partial charge in [-0.05, 0) is 37.5 Å². The van der Waals surface area contributed by atoms with Crippen molar-refractivity contribution < 1.29 is 4.79 Å². The molecule has 2 aliphatic rings.